The van der Waals surface area contributed by atoms with Crippen LogP contribution in [0, 0.1) is 5.82 Å². The number of rotatable bonds is 7. The van der Waals surface area contributed by atoms with Crippen LogP contribution in [0.2, 0.25) is 0 Å². The van der Waals surface area contributed by atoms with Crippen LogP contribution in [0.15, 0.2) is 54.3 Å². The molecular formula is C28H30FN5S. The molecule has 1 fully saturated rings. The Morgan fingerprint density at radius 1 is 0.971 bits per heavy atom. The van der Waals surface area contributed by atoms with Gasteiger partial charge in [-0.3, -0.25) is 0 Å². The van der Waals surface area contributed by atoms with Gasteiger partial charge in [-0.1, -0.05) is 6.42 Å². The molecule has 0 aliphatic carbocycles. The van der Waals surface area contributed by atoms with Crippen molar-refractivity contribution in [2.75, 3.05) is 19.6 Å². The molecule has 5 nitrogen and oxygen atoms in total. The van der Waals surface area contributed by atoms with Crippen LogP contribution < -0.4 is 0 Å². The minimum Gasteiger partial charge on any atom is -0.347 e. The molecule has 7 heteroatoms. The summed E-state index contributed by atoms with van der Waals surface area (Å²) >= 11 is 1.61. The summed E-state index contributed by atoms with van der Waals surface area (Å²) in [5.74, 6) is -0.210. The summed E-state index contributed by atoms with van der Waals surface area (Å²) in [7, 11) is 2.01. The normalized spacial score (nSPS) is 14.9. The van der Waals surface area contributed by atoms with Crippen LogP contribution >= 0.6 is 11.3 Å². The van der Waals surface area contributed by atoms with Crippen LogP contribution in [0.25, 0.3) is 43.8 Å². The molecule has 0 unspecified atom stereocenters. The fourth-order valence-corrected chi connectivity index (χ4v) is 6.21. The Kier molecular flexibility index (Phi) is 6.12. The first-order valence-electron chi connectivity index (χ1n) is 12.5. The Bertz CT molecular complexity index is 1470. The number of hydrogen-bond acceptors (Lipinski definition) is 4. The zero-order chi connectivity index (χ0) is 23.8. The lowest BCUT2D eigenvalue weighted by molar-refractivity contribution is 0.223. The van der Waals surface area contributed by atoms with E-state index >= 15 is 0 Å². The van der Waals surface area contributed by atoms with Gasteiger partial charge in [0, 0.05) is 65.0 Å². The molecule has 0 spiro atoms. The van der Waals surface area contributed by atoms with E-state index in [0.29, 0.717) is 0 Å². The van der Waals surface area contributed by atoms with Crippen molar-refractivity contribution in [3.05, 3.63) is 60.1 Å². The smallest absolute Gasteiger partial charge is 0.140 e. The van der Waals surface area contributed by atoms with Gasteiger partial charge in [-0.15, -0.1) is 11.3 Å². The highest BCUT2D eigenvalue weighted by Crippen LogP contribution is 2.37. The van der Waals surface area contributed by atoms with Gasteiger partial charge in [0.15, 0.2) is 0 Å². The minimum atomic E-state index is -0.210. The van der Waals surface area contributed by atoms with Crippen LogP contribution in [-0.4, -0.2) is 43.6 Å². The SMILES string of the molecule is Cn1cc(-c2csc(-c3cn(CCCCN4CCCCC4)c4ccc(F)cc34)n2)c2cccnc21. The van der Waals surface area contributed by atoms with Crippen molar-refractivity contribution in [2.24, 2.45) is 7.05 Å². The van der Waals surface area contributed by atoms with Crippen molar-refractivity contribution in [3.63, 3.8) is 0 Å². The summed E-state index contributed by atoms with van der Waals surface area (Å²) in [5, 5.41) is 5.04. The van der Waals surface area contributed by atoms with E-state index in [1.54, 1.807) is 23.5 Å². The number of unbranched alkanes of at least 4 members (excludes halogenated alkanes) is 1. The van der Waals surface area contributed by atoms with E-state index in [-0.39, 0.29) is 5.82 Å². The summed E-state index contributed by atoms with van der Waals surface area (Å²) in [6.45, 7) is 4.60. The van der Waals surface area contributed by atoms with Gasteiger partial charge < -0.3 is 14.0 Å². The molecule has 0 radical (unpaired) electrons. The zero-order valence-corrected chi connectivity index (χ0v) is 20.9. The maximum atomic E-state index is 14.3. The molecule has 1 aliphatic rings. The highest BCUT2D eigenvalue weighted by Gasteiger charge is 2.17. The zero-order valence-electron chi connectivity index (χ0n) is 20.1. The van der Waals surface area contributed by atoms with Crippen molar-refractivity contribution in [3.8, 4) is 21.8 Å². The number of hydrogen-bond donors (Lipinski definition) is 0. The second kappa shape index (κ2) is 9.55. The molecule has 180 valence electrons. The first kappa shape index (κ1) is 22.4. The molecule has 0 N–H and O–H groups in total. The van der Waals surface area contributed by atoms with Crippen molar-refractivity contribution < 1.29 is 4.39 Å². The maximum Gasteiger partial charge on any atom is 0.140 e. The Morgan fingerprint density at radius 3 is 2.71 bits per heavy atom. The summed E-state index contributed by atoms with van der Waals surface area (Å²) in [6.07, 6.45) is 12.4. The minimum absolute atomic E-state index is 0.210. The summed E-state index contributed by atoms with van der Waals surface area (Å²) < 4.78 is 18.6. The van der Waals surface area contributed by atoms with E-state index in [0.717, 1.165) is 56.7 Å². The van der Waals surface area contributed by atoms with E-state index in [1.807, 2.05) is 29.9 Å². The quantitative estimate of drug-likeness (QED) is 0.239. The molecule has 5 aromatic rings. The van der Waals surface area contributed by atoms with Gasteiger partial charge in [0.05, 0.1) is 5.69 Å². The van der Waals surface area contributed by atoms with Gasteiger partial charge in [-0.25, -0.2) is 14.4 Å². The van der Waals surface area contributed by atoms with Crippen LogP contribution in [0.3, 0.4) is 0 Å². The van der Waals surface area contributed by atoms with Crippen LogP contribution in [0.5, 0.6) is 0 Å². The number of pyridine rings is 1. The number of halogens is 1. The molecule has 35 heavy (non-hydrogen) atoms. The Labute approximate surface area is 208 Å². The fraction of sp³-hybridized carbons (Fsp3) is 0.357. The van der Waals surface area contributed by atoms with Crippen LogP contribution in [-0.2, 0) is 13.6 Å². The third-order valence-electron chi connectivity index (χ3n) is 7.16. The second-order valence-electron chi connectivity index (χ2n) is 9.57. The summed E-state index contributed by atoms with van der Waals surface area (Å²) in [5.41, 5.74) is 5.03. The number of nitrogens with zero attached hydrogens (tertiary/aromatic N) is 5. The van der Waals surface area contributed by atoms with Crippen LogP contribution in [0.1, 0.15) is 32.1 Å². The third-order valence-corrected chi connectivity index (χ3v) is 8.03. The molecule has 5 heterocycles. The number of piperidine rings is 1. The molecule has 6 rings (SSSR count). The number of fused-ring (bicyclic) bond motifs is 2. The number of aryl methyl sites for hydroxylation is 2. The van der Waals surface area contributed by atoms with Gasteiger partial charge in [0.25, 0.3) is 0 Å². The molecule has 0 amide bonds. The number of benzene rings is 1. The van der Waals surface area contributed by atoms with Gasteiger partial charge in [0.1, 0.15) is 16.5 Å². The molecular weight excluding hydrogens is 457 g/mol. The molecule has 0 atom stereocenters. The molecule has 1 saturated heterocycles. The summed E-state index contributed by atoms with van der Waals surface area (Å²) in [4.78, 5) is 12.1. The third kappa shape index (κ3) is 4.39. The fourth-order valence-electron chi connectivity index (χ4n) is 5.36. The lowest BCUT2D eigenvalue weighted by Crippen LogP contribution is -2.30. The second-order valence-corrected chi connectivity index (χ2v) is 10.4. The monoisotopic (exact) mass is 487 g/mol. The topological polar surface area (TPSA) is 38.9 Å². The van der Waals surface area contributed by atoms with Gasteiger partial charge in [-0.05, 0) is 75.6 Å². The van der Waals surface area contributed by atoms with Gasteiger partial charge >= 0.3 is 0 Å². The Hall–Kier alpha value is -3.03. The highest BCUT2D eigenvalue weighted by atomic mass is 32.1. The predicted molar refractivity (Wildman–Crippen MR) is 142 cm³/mol. The molecule has 4 aromatic heterocycles. The van der Waals surface area contributed by atoms with Crippen LogP contribution in [0.4, 0.5) is 4.39 Å². The largest absolute Gasteiger partial charge is 0.347 e. The summed E-state index contributed by atoms with van der Waals surface area (Å²) in [6, 6.07) is 9.16. The van der Waals surface area contributed by atoms with Crippen molar-refractivity contribution in [2.45, 2.75) is 38.6 Å². The Morgan fingerprint density at radius 2 is 1.83 bits per heavy atom. The van der Waals surface area contributed by atoms with E-state index < -0.39 is 0 Å². The first-order chi connectivity index (χ1) is 17.2. The highest BCUT2D eigenvalue weighted by molar-refractivity contribution is 7.13. The van der Waals surface area contributed by atoms with Crippen molar-refractivity contribution in [1.29, 1.82) is 0 Å². The molecule has 0 saturated carbocycles. The Balaban J connectivity index is 1.28. The van der Waals surface area contributed by atoms with E-state index in [9.17, 15) is 4.39 Å². The number of thiazole rings is 1. The molecule has 1 aromatic carbocycles. The first-order valence-corrected chi connectivity index (χ1v) is 13.4. The average molecular weight is 488 g/mol. The molecule has 1 aliphatic heterocycles. The van der Waals surface area contributed by atoms with Crippen molar-refractivity contribution in [1.82, 2.24) is 24.0 Å². The average Bonchev–Trinajstić information content (AvgIpc) is 3.58. The number of aromatic nitrogens is 4. The maximum absolute atomic E-state index is 14.3. The van der Waals surface area contributed by atoms with Crippen molar-refractivity contribution >= 4 is 33.3 Å². The van der Waals surface area contributed by atoms with E-state index in [1.165, 1.54) is 45.3 Å². The van der Waals surface area contributed by atoms with Gasteiger partial charge in [0.2, 0.25) is 0 Å². The number of likely N-dealkylation sites (tertiary alicyclic amines) is 1. The standard InChI is InChI=1S/C28H30FN5S/c1-32-17-23(21-8-7-11-30-27(21)32)25-19-35-28(31-25)24-18-34(26-10-9-20(29)16-22(24)26)15-6-5-14-33-12-3-2-4-13-33/h7-11,16-19H,2-6,12-15H2,1H3. The lowest BCUT2D eigenvalue weighted by Gasteiger charge is -2.26. The predicted octanol–water partition coefficient (Wildman–Crippen LogP) is 6.72. The van der Waals surface area contributed by atoms with E-state index in [4.69, 9.17) is 4.98 Å². The van der Waals surface area contributed by atoms with Gasteiger partial charge in [-0.2, -0.15) is 0 Å². The molecule has 0 bridgehead atoms. The van der Waals surface area contributed by atoms with E-state index in [2.05, 4.69) is 38.3 Å². The lowest BCUT2D eigenvalue weighted by atomic mass is 10.1.